The van der Waals surface area contributed by atoms with E-state index < -0.39 is 0 Å². The third-order valence-electron chi connectivity index (χ3n) is 15.3. The van der Waals surface area contributed by atoms with Gasteiger partial charge in [0, 0.05) is 65.8 Å². The van der Waals surface area contributed by atoms with Crippen LogP contribution < -0.4 is 4.90 Å². The quantitative estimate of drug-likeness (QED) is 0.148. The molecule has 12 aromatic carbocycles. The molecule has 0 aliphatic carbocycles. The Morgan fingerprint density at radius 1 is 0.216 bits per heavy atom. The minimum Gasteiger partial charge on any atom is -0.310 e. The van der Waals surface area contributed by atoms with Gasteiger partial charge in [0.05, 0.1) is 44.5 Å². The van der Waals surface area contributed by atoms with Crippen LogP contribution in [0.5, 0.6) is 0 Å². The van der Waals surface area contributed by atoms with E-state index in [1.54, 1.807) is 0 Å². The Bertz CT molecular complexity index is 4530. The molecule has 15 rings (SSSR count). The summed E-state index contributed by atoms with van der Waals surface area (Å²) in [6.45, 7) is 0. The Balaban J connectivity index is 0.831. The molecule has 0 saturated heterocycles. The van der Waals surface area contributed by atoms with E-state index in [9.17, 15) is 0 Å². The van der Waals surface area contributed by atoms with Crippen LogP contribution in [0.4, 0.5) is 17.1 Å². The van der Waals surface area contributed by atoms with E-state index in [2.05, 4.69) is 298 Å². The lowest BCUT2D eigenvalue weighted by molar-refractivity contribution is 1.17. The van der Waals surface area contributed by atoms with Crippen molar-refractivity contribution in [1.82, 2.24) is 13.7 Å². The van der Waals surface area contributed by atoms with E-state index in [4.69, 9.17) is 0 Å². The van der Waals surface area contributed by atoms with Crippen LogP contribution in [-0.4, -0.2) is 13.7 Å². The molecule has 0 atom stereocenters. The van der Waals surface area contributed by atoms with Gasteiger partial charge in [-0.25, -0.2) is 0 Å². The summed E-state index contributed by atoms with van der Waals surface area (Å²) in [7, 11) is 0. The molecule has 0 unspecified atom stereocenters. The highest BCUT2D eigenvalue weighted by Gasteiger charge is 2.21. The first-order valence-electron chi connectivity index (χ1n) is 25.4. The maximum absolute atomic E-state index is 2.44. The van der Waals surface area contributed by atoms with E-state index in [1.165, 1.54) is 98.6 Å². The Kier molecular flexibility index (Phi) is 9.54. The zero-order chi connectivity index (χ0) is 48.7. The first-order chi connectivity index (χ1) is 36.7. The van der Waals surface area contributed by atoms with E-state index in [-0.39, 0.29) is 0 Å². The largest absolute Gasteiger partial charge is 0.310 e. The molecule has 0 N–H and O–H groups in total. The molecule has 346 valence electrons. The number of nitrogens with zero attached hydrogens (tertiary/aromatic N) is 4. The molecule has 3 heterocycles. The number of benzene rings is 12. The first kappa shape index (κ1) is 41.8. The van der Waals surface area contributed by atoms with Gasteiger partial charge in [-0.2, -0.15) is 0 Å². The molecule has 4 nitrogen and oxygen atoms in total. The first-order valence-corrected chi connectivity index (χ1v) is 25.4. The highest BCUT2D eigenvalue weighted by Crippen LogP contribution is 2.44. The van der Waals surface area contributed by atoms with E-state index >= 15 is 0 Å². The van der Waals surface area contributed by atoms with Crippen molar-refractivity contribution in [2.24, 2.45) is 0 Å². The predicted octanol–water partition coefficient (Wildman–Crippen LogP) is 18.9. The van der Waals surface area contributed by atoms with Crippen molar-refractivity contribution in [2.75, 3.05) is 4.90 Å². The molecular weight excluding hydrogens is 897 g/mol. The summed E-state index contributed by atoms with van der Waals surface area (Å²) in [5, 5.41) is 9.86. The fourth-order valence-corrected chi connectivity index (χ4v) is 11.9. The van der Waals surface area contributed by atoms with Gasteiger partial charge in [0.15, 0.2) is 0 Å². The molecule has 0 spiro atoms. The molecule has 0 saturated carbocycles. The normalized spacial score (nSPS) is 11.8. The molecular formula is C70H46N4. The predicted molar refractivity (Wildman–Crippen MR) is 313 cm³/mol. The SMILES string of the molecule is c1ccc(-n2c3ccccc3c3cc(-c4ccc(-c5ccc(N(c6ccc(-n7c8ccccc8c8ccccc87)cc6)c6ccc(-n7c8ccccc8c8ccccc87)c7ccccc67)cc5)cc4)ccc32)cc1. The molecule has 74 heavy (non-hydrogen) atoms. The summed E-state index contributed by atoms with van der Waals surface area (Å²) < 4.78 is 7.19. The van der Waals surface area contributed by atoms with Crippen molar-refractivity contribution in [3.05, 3.63) is 279 Å². The standard InChI is InChI=1S/C70H46N4/c1-2-16-51(17-3-1)72-65-27-13-10-24-61(65)62-46-50(36-43-70(62)72)49-32-30-47(31-33-49)48-34-37-52(38-35-48)71(53-39-41-54(42-40-53)73-63-25-11-6-20-55(63)56-21-7-12-26-64(56)73)68-44-45-69(60-19-5-4-18-59(60)68)74-66-28-14-8-22-57(66)58-23-9-15-29-67(58)74/h1-46H. The van der Waals surface area contributed by atoms with Gasteiger partial charge in [-0.15, -0.1) is 0 Å². The van der Waals surface area contributed by atoms with Crippen molar-refractivity contribution < 1.29 is 0 Å². The van der Waals surface area contributed by atoms with Crippen LogP contribution in [0, 0.1) is 0 Å². The third kappa shape index (κ3) is 6.55. The number of hydrogen-bond donors (Lipinski definition) is 0. The number of anilines is 3. The summed E-state index contributed by atoms with van der Waals surface area (Å²) in [5.74, 6) is 0. The van der Waals surface area contributed by atoms with Gasteiger partial charge in [0.1, 0.15) is 0 Å². The average Bonchev–Trinajstić information content (AvgIpc) is 4.12. The van der Waals surface area contributed by atoms with Crippen LogP contribution in [0.1, 0.15) is 0 Å². The van der Waals surface area contributed by atoms with Crippen LogP contribution in [-0.2, 0) is 0 Å². The second-order valence-corrected chi connectivity index (χ2v) is 19.3. The molecule has 0 bridgehead atoms. The molecule has 0 aliphatic heterocycles. The number of hydrogen-bond acceptors (Lipinski definition) is 1. The molecule has 15 aromatic rings. The number of para-hydroxylation sites is 6. The molecule has 0 radical (unpaired) electrons. The maximum atomic E-state index is 2.44. The highest BCUT2D eigenvalue weighted by molar-refractivity contribution is 6.13. The lowest BCUT2D eigenvalue weighted by Gasteiger charge is -2.28. The van der Waals surface area contributed by atoms with Gasteiger partial charge in [-0.05, 0) is 125 Å². The Morgan fingerprint density at radius 3 is 1.08 bits per heavy atom. The summed E-state index contributed by atoms with van der Waals surface area (Å²) in [6, 6.07) is 102. The van der Waals surface area contributed by atoms with E-state index in [0.717, 1.165) is 34.0 Å². The van der Waals surface area contributed by atoms with Crippen LogP contribution in [0.2, 0.25) is 0 Å². The highest BCUT2D eigenvalue weighted by atomic mass is 15.1. The number of rotatable bonds is 8. The van der Waals surface area contributed by atoms with Crippen molar-refractivity contribution in [1.29, 1.82) is 0 Å². The van der Waals surface area contributed by atoms with Gasteiger partial charge in [-0.1, -0.05) is 176 Å². The monoisotopic (exact) mass is 942 g/mol. The Morgan fingerprint density at radius 2 is 0.568 bits per heavy atom. The smallest absolute Gasteiger partial charge is 0.0542 e. The van der Waals surface area contributed by atoms with Gasteiger partial charge >= 0.3 is 0 Å². The molecule has 0 amide bonds. The van der Waals surface area contributed by atoms with E-state index in [1.807, 2.05) is 0 Å². The summed E-state index contributed by atoms with van der Waals surface area (Å²) in [6.07, 6.45) is 0. The number of fused-ring (bicyclic) bond motifs is 10. The fourth-order valence-electron chi connectivity index (χ4n) is 11.9. The topological polar surface area (TPSA) is 18.0 Å². The summed E-state index contributed by atoms with van der Waals surface area (Å²) >= 11 is 0. The molecule has 0 fully saturated rings. The van der Waals surface area contributed by atoms with Gasteiger partial charge in [0.2, 0.25) is 0 Å². The van der Waals surface area contributed by atoms with Crippen molar-refractivity contribution in [2.45, 2.75) is 0 Å². The number of aromatic nitrogens is 3. The Hall–Kier alpha value is -9.90. The van der Waals surface area contributed by atoms with Crippen molar-refractivity contribution in [3.8, 4) is 39.3 Å². The van der Waals surface area contributed by atoms with E-state index in [0.29, 0.717) is 0 Å². The van der Waals surface area contributed by atoms with Crippen LogP contribution in [0.3, 0.4) is 0 Å². The van der Waals surface area contributed by atoms with Gasteiger partial charge in [0.25, 0.3) is 0 Å². The third-order valence-corrected chi connectivity index (χ3v) is 15.3. The summed E-state index contributed by atoms with van der Waals surface area (Å²) in [4.78, 5) is 2.42. The molecule has 0 aliphatic rings. The summed E-state index contributed by atoms with van der Waals surface area (Å²) in [5.41, 5.74) is 18.6. The fraction of sp³-hybridized carbons (Fsp3) is 0. The van der Waals surface area contributed by atoms with Gasteiger partial charge < -0.3 is 18.6 Å². The maximum Gasteiger partial charge on any atom is 0.0542 e. The van der Waals surface area contributed by atoms with Crippen LogP contribution >= 0.6 is 0 Å². The van der Waals surface area contributed by atoms with Gasteiger partial charge in [-0.3, -0.25) is 0 Å². The second kappa shape index (κ2) is 16.9. The minimum atomic E-state index is 1.07. The Labute approximate surface area is 428 Å². The molecule has 3 aromatic heterocycles. The zero-order valence-corrected chi connectivity index (χ0v) is 40.3. The lowest BCUT2D eigenvalue weighted by atomic mass is 9.98. The lowest BCUT2D eigenvalue weighted by Crippen LogP contribution is -2.11. The zero-order valence-electron chi connectivity index (χ0n) is 40.3. The second-order valence-electron chi connectivity index (χ2n) is 19.3. The van der Waals surface area contributed by atoms with Crippen molar-refractivity contribution >= 4 is 93.3 Å². The average molecular weight is 943 g/mol. The molecule has 4 heteroatoms. The minimum absolute atomic E-state index is 1.07. The van der Waals surface area contributed by atoms with Crippen LogP contribution in [0.25, 0.3) is 116 Å². The van der Waals surface area contributed by atoms with Crippen LogP contribution in [0.15, 0.2) is 279 Å². The van der Waals surface area contributed by atoms with Crippen molar-refractivity contribution in [3.63, 3.8) is 0 Å².